The highest BCUT2D eigenvalue weighted by atomic mass is 16.3. The quantitative estimate of drug-likeness (QED) is 0.704. The largest absolute Gasteiger partial charge is 0.505 e. The topological polar surface area (TPSA) is 74.2 Å². The molecule has 1 aromatic heterocycles. The second-order valence-electron chi connectivity index (χ2n) is 4.36. The van der Waals surface area contributed by atoms with Crippen LogP contribution in [-0.4, -0.2) is 34.6 Å². The van der Waals surface area contributed by atoms with Gasteiger partial charge in [-0.25, -0.2) is 0 Å². The number of rotatable bonds is 2. The number of amides is 1. The predicted molar refractivity (Wildman–Crippen MR) is 63.9 cm³/mol. The Balaban J connectivity index is 2.04. The van der Waals surface area contributed by atoms with Gasteiger partial charge in [-0.2, -0.15) is 0 Å². The molecule has 1 amide bonds. The van der Waals surface area contributed by atoms with Crippen molar-refractivity contribution in [1.82, 2.24) is 15.6 Å². The van der Waals surface area contributed by atoms with E-state index in [1.807, 2.05) is 0 Å². The Bertz CT molecular complexity index is 408. The molecular formula is C12H17N3O2. The average Bonchev–Trinajstić information content (AvgIpc) is 2.32. The lowest BCUT2D eigenvalue weighted by Gasteiger charge is -2.30. The van der Waals surface area contributed by atoms with Gasteiger partial charge in [-0.15, -0.1) is 0 Å². The summed E-state index contributed by atoms with van der Waals surface area (Å²) in [5.74, 6) is -0.327. The first-order valence-corrected chi connectivity index (χ1v) is 5.85. The van der Waals surface area contributed by atoms with Gasteiger partial charge in [0.25, 0.3) is 5.91 Å². The van der Waals surface area contributed by atoms with Gasteiger partial charge in [0.2, 0.25) is 0 Å². The summed E-state index contributed by atoms with van der Waals surface area (Å²) in [4.78, 5) is 15.7. The fourth-order valence-corrected chi connectivity index (χ4v) is 2.07. The molecule has 3 N–H and O–H groups in total. The molecule has 1 aliphatic rings. The number of pyridine rings is 1. The molecule has 0 spiro atoms. The standard InChI is InChI=1S/C12H17N3O2/c1-8-10(3-2-5-14-8)15-12(17)9-4-6-13-7-11(9)16/h4,6-8,10,14,16H,2-3,5H2,1H3,(H,15,17). The second-order valence-corrected chi connectivity index (χ2v) is 4.36. The molecule has 1 aromatic rings. The van der Waals surface area contributed by atoms with Crippen molar-refractivity contribution >= 4 is 5.91 Å². The van der Waals surface area contributed by atoms with Crippen molar-refractivity contribution < 1.29 is 9.90 Å². The number of nitrogens with one attached hydrogen (secondary N) is 2. The Morgan fingerprint density at radius 2 is 2.47 bits per heavy atom. The molecule has 92 valence electrons. The molecule has 1 saturated heterocycles. The van der Waals surface area contributed by atoms with Crippen LogP contribution in [0.25, 0.3) is 0 Å². The smallest absolute Gasteiger partial charge is 0.255 e. The third kappa shape index (κ3) is 2.74. The highest BCUT2D eigenvalue weighted by molar-refractivity contribution is 5.96. The van der Waals surface area contributed by atoms with Crippen molar-refractivity contribution in [3.8, 4) is 5.75 Å². The number of aromatic hydroxyl groups is 1. The van der Waals surface area contributed by atoms with Gasteiger partial charge in [-0.3, -0.25) is 9.78 Å². The molecule has 1 fully saturated rings. The van der Waals surface area contributed by atoms with Crippen molar-refractivity contribution in [2.75, 3.05) is 6.54 Å². The van der Waals surface area contributed by atoms with Gasteiger partial charge in [0.05, 0.1) is 11.8 Å². The van der Waals surface area contributed by atoms with Crippen molar-refractivity contribution in [1.29, 1.82) is 0 Å². The van der Waals surface area contributed by atoms with E-state index in [9.17, 15) is 9.90 Å². The molecule has 1 aliphatic heterocycles. The zero-order chi connectivity index (χ0) is 12.3. The molecule has 0 radical (unpaired) electrons. The number of carbonyl (C=O) groups is 1. The van der Waals surface area contributed by atoms with Crippen molar-refractivity contribution in [3.05, 3.63) is 24.0 Å². The maximum atomic E-state index is 12.0. The fraction of sp³-hybridized carbons (Fsp3) is 0.500. The molecule has 0 aliphatic carbocycles. The summed E-state index contributed by atoms with van der Waals surface area (Å²) >= 11 is 0. The van der Waals surface area contributed by atoms with E-state index in [0.717, 1.165) is 19.4 Å². The van der Waals surface area contributed by atoms with Gasteiger partial charge < -0.3 is 15.7 Å². The monoisotopic (exact) mass is 235 g/mol. The lowest BCUT2D eigenvalue weighted by Crippen LogP contribution is -2.51. The Labute approximate surface area is 100 Å². The zero-order valence-electron chi connectivity index (χ0n) is 9.81. The van der Waals surface area contributed by atoms with E-state index in [0.29, 0.717) is 0 Å². The first-order valence-electron chi connectivity index (χ1n) is 5.85. The molecule has 5 nitrogen and oxygen atoms in total. The van der Waals surface area contributed by atoms with Gasteiger partial charge >= 0.3 is 0 Å². The minimum Gasteiger partial charge on any atom is -0.505 e. The summed E-state index contributed by atoms with van der Waals surface area (Å²) in [5, 5.41) is 15.8. The van der Waals surface area contributed by atoms with Crippen molar-refractivity contribution in [2.24, 2.45) is 0 Å². The Morgan fingerprint density at radius 1 is 1.65 bits per heavy atom. The summed E-state index contributed by atoms with van der Waals surface area (Å²) in [6, 6.07) is 1.89. The van der Waals surface area contributed by atoms with E-state index in [4.69, 9.17) is 0 Å². The van der Waals surface area contributed by atoms with E-state index in [2.05, 4.69) is 22.5 Å². The average molecular weight is 235 g/mol. The molecule has 2 heterocycles. The summed E-state index contributed by atoms with van der Waals surface area (Å²) < 4.78 is 0. The number of nitrogens with zero attached hydrogens (tertiary/aromatic N) is 1. The number of aromatic nitrogens is 1. The molecule has 2 unspecified atom stereocenters. The molecule has 0 aromatic carbocycles. The maximum Gasteiger partial charge on any atom is 0.255 e. The Morgan fingerprint density at radius 3 is 3.18 bits per heavy atom. The summed E-state index contributed by atoms with van der Waals surface area (Å²) in [6.07, 6.45) is 4.79. The molecule has 2 rings (SSSR count). The number of carbonyl (C=O) groups excluding carboxylic acids is 1. The Kier molecular flexibility index (Phi) is 3.58. The molecule has 17 heavy (non-hydrogen) atoms. The minimum atomic E-state index is -0.245. The first-order chi connectivity index (χ1) is 8.18. The molecule has 0 bridgehead atoms. The van der Waals surface area contributed by atoms with Crippen LogP contribution in [0.3, 0.4) is 0 Å². The predicted octanol–water partition coefficient (Wildman–Crippen LogP) is 0.657. The highest BCUT2D eigenvalue weighted by Gasteiger charge is 2.23. The van der Waals surface area contributed by atoms with Crippen molar-refractivity contribution in [2.45, 2.75) is 31.8 Å². The number of piperidine rings is 1. The third-order valence-corrected chi connectivity index (χ3v) is 3.12. The van der Waals surface area contributed by atoms with E-state index < -0.39 is 0 Å². The SMILES string of the molecule is CC1NCCCC1NC(=O)c1ccncc1O. The van der Waals surface area contributed by atoms with Gasteiger partial charge in [0.15, 0.2) is 0 Å². The number of hydrogen-bond acceptors (Lipinski definition) is 4. The molecule has 2 atom stereocenters. The lowest BCUT2D eigenvalue weighted by atomic mass is 9.99. The second kappa shape index (κ2) is 5.14. The van der Waals surface area contributed by atoms with Crippen LogP contribution in [0.15, 0.2) is 18.5 Å². The zero-order valence-corrected chi connectivity index (χ0v) is 9.81. The van der Waals surface area contributed by atoms with Crippen LogP contribution in [0.5, 0.6) is 5.75 Å². The minimum absolute atomic E-state index is 0.0820. The van der Waals surface area contributed by atoms with Crippen LogP contribution in [0.1, 0.15) is 30.1 Å². The highest BCUT2D eigenvalue weighted by Crippen LogP contribution is 2.15. The van der Waals surface area contributed by atoms with E-state index in [-0.39, 0.29) is 29.3 Å². The van der Waals surface area contributed by atoms with Crippen LogP contribution in [0.4, 0.5) is 0 Å². The Hall–Kier alpha value is -1.62. The van der Waals surface area contributed by atoms with Crippen LogP contribution in [0, 0.1) is 0 Å². The van der Waals surface area contributed by atoms with Gasteiger partial charge in [0, 0.05) is 18.3 Å². The van der Waals surface area contributed by atoms with Gasteiger partial charge in [-0.05, 0) is 32.4 Å². The van der Waals surface area contributed by atoms with Crippen molar-refractivity contribution in [3.63, 3.8) is 0 Å². The van der Waals surface area contributed by atoms with E-state index in [1.54, 1.807) is 0 Å². The lowest BCUT2D eigenvalue weighted by molar-refractivity contribution is 0.0917. The summed E-state index contributed by atoms with van der Waals surface area (Å²) in [6.45, 7) is 3.05. The normalized spacial score (nSPS) is 24.3. The maximum absolute atomic E-state index is 12.0. The summed E-state index contributed by atoms with van der Waals surface area (Å²) in [5.41, 5.74) is 0.276. The third-order valence-electron chi connectivity index (χ3n) is 3.12. The fourth-order valence-electron chi connectivity index (χ4n) is 2.07. The van der Waals surface area contributed by atoms with E-state index in [1.165, 1.54) is 18.5 Å². The molecular weight excluding hydrogens is 218 g/mol. The molecule has 0 saturated carbocycles. The van der Waals surface area contributed by atoms with Gasteiger partial charge in [0.1, 0.15) is 5.75 Å². The van der Waals surface area contributed by atoms with Crippen LogP contribution < -0.4 is 10.6 Å². The van der Waals surface area contributed by atoms with E-state index >= 15 is 0 Å². The molecule has 5 heteroatoms. The number of hydrogen-bond donors (Lipinski definition) is 3. The van der Waals surface area contributed by atoms with Crippen LogP contribution >= 0.6 is 0 Å². The van der Waals surface area contributed by atoms with Crippen LogP contribution in [-0.2, 0) is 0 Å². The van der Waals surface area contributed by atoms with Gasteiger partial charge in [-0.1, -0.05) is 0 Å². The first kappa shape index (κ1) is 11.9. The summed E-state index contributed by atoms with van der Waals surface area (Å²) in [7, 11) is 0. The van der Waals surface area contributed by atoms with Crippen LogP contribution in [0.2, 0.25) is 0 Å².